The SMILES string of the molecule is CCCCCCOc1cccc(C(NC[C@@H](O)C(F)(F)F)c2cccc(OC(F)(F)F)c2)c1. The molecule has 0 spiro atoms. The van der Waals surface area contributed by atoms with Crippen LogP contribution in [0, 0.1) is 0 Å². The maximum absolute atomic E-state index is 12.8. The van der Waals surface area contributed by atoms with E-state index in [0.717, 1.165) is 37.8 Å². The average molecular weight is 479 g/mol. The lowest BCUT2D eigenvalue weighted by Crippen LogP contribution is -2.40. The first-order valence-corrected chi connectivity index (χ1v) is 10.6. The number of alkyl halides is 6. The van der Waals surface area contributed by atoms with Crippen molar-refractivity contribution in [1.82, 2.24) is 5.32 Å². The van der Waals surface area contributed by atoms with Crippen molar-refractivity contribution in [2.75, 3.05) is 13.2 Å². The number of rotatable bonds is 12. The Morgan fingerprint density at radius 1 is 0.879 bits per heavy atom. The topological polar surface area (TPSA) is 50.7 Å². The smallest absolute Gasteiger partial charge is 0.494 e. The summed E-state index contributed by atoms with van der Waals surface area (Å²) < 4.78 is 85.9. The van der Waals surface area contributed by atoms with E-state index in [1.807, 2.05) is 0 Å². The van der Waals surface area contributed by atoms with E-state index in [1.165, 1.54) is 12.1 Å². The fourth-order valence-corrected chi connectivity index (χ4v) is 3.17. The molecule has 2 N–H and O–H groups in total. The Hall–Kier alpha value is -2.46. The maximum atomic E-state index is 12.8. The predicted octanol–water partition coefficient (Wildman–Crippen LogP) is 6.15. The van der Waals surface area contributed by atoms with Crippen molar-refractivity contribution in [3.63, 3.8) is 0 Å². The Labute approximate surface area is 188 Å². The van der Waals surface area contributed by atoms with Crippen LogP contribution in [0.25, 0.3) is 0 Å². The maximum Gasteiger partial charge on any atom is 0.573 e. The number of nitrogens with one attached hydrogen (secondary N) is 1. The molecule has 0 saturated heterocycles. The highest BCUT2D eigenvalue weighted by Gasteiger charge is 2.38. The monoisotopic (exact) mass is 479 g/mol. The lowest BCUT2D eigenvalue weighted by atomic mass is 9.98. The molecule has 0 saturated carbocycles. The number of benzene rings is 2. The Balaban J connectivity index is 2.26. The van der Waals surface area contributed by atoms with Crippen molar-refractivity contribution in [1.29, 1.82) is 0 Å². The Morgan fingerprint density at radius 3 is 2.06 bits per heavy atom. The summed E-state index contributed by atoms with van der Waals surface area (Å²) in [6.45, 7) is 1.69. The molecule has 0 bridgehead atoms. The largest absolute Gasteiger partial charge is 0.573 e. The summed E-state index contributed by atoms with van der Waals surface area (Å²) >= 11 is 0. The number of hydrogen-bond acceptors (Lipinski definition) is 4. The molecule has 2 rings (SSSR count). The van der Waals surface area contributed by atoms with Crippen molar-refractivity contribution in [2.24, 2.45) is 0 Å². The molecule has 1 unspecified atom stereocenters. The van der Waals surface area contributed by atoms with E-state index in [0.29, 0.717) is 17.9 Å². The minimum absolute atomic E-state index is 0.228. The Bertz CT molecular complexity index is 857. The molecule has 0 aliphatic heterocycles. The van der Waals surface area contributed by atoms with Crippen LogP contribution in [-0.2, 0) is 0 Å². The summed E-state index contributed by atoms with van der Waals surface area (Å²) in [5, 5.41) is 12.0. The van der Waals surface area contributed by atoms with E-state index in [-0.39, 0.29) is 5.56 Å². The average Bonchev–Trinajstić information content (AvgIpc) is 2.72. The van der Waals surface area contributed by atoms with Crippen molar-refractivity contribution >= 4 is 0 Å². The van der Waals surface area contributed by atoms with Gasteiger partial charge in [0.15, 0.2) is 6.10 Å². The highest BCUT2D eigenvalue weighted by Crippen LogP contribution is 2.30. The molecule has 0 aliphatic rings. The predicted molar refractivity (Wildman–Crippen MR) is 111 cm³/mol. The van der Waals surface area contributed by atoms with Gasteiger partial charge in [0.25, 0.3) is 0 Å². The number of aliphatic hydroxyl groups is 1. The van der Waals surface area contributed by atoms with Crippen LogP contribution in [0.2, 0.25) is 0 Å². The van der Waals surface area contributed by atoms with Crippen molar-refractivity contribution in [2.45, 2.75) is 57.3 Å². The van der Waals surface area contributed by atoms with E-state index >= 15 is 0 Å². The quantitative estimate of drug-likeness (QED) is 0.283. The molecule has 184 valence electrons. The van der Waals surface area contributed by atoms with Gasteiger partial charge in [0, 0.05) is 6.54 Å². The first-order valence-electron chi connectivity index (χ1n) is 10.6. The second-order valence-electron chi connectivity index (χ2n) is 7.50. The molecule has 0 aliphatic carbocycles. The Kier molecular flexibility index (Phi) is 9.85. The molecule has 0 radical (unpaired) electrons. The normalized spacial score (nSPS) is 14.1. The molecule has 0 fully saturated rings. The molecule has 2 atom stereocenters. The summed E-state index contributed by atoms with van der Waals surface area (Å²) in [5.41, 5.74) is 0.686. The van der Waals surface area contributed by atoms with Gasteiger partial charge in [-0.05, 0) is 41.8 Å². The number of aliphatic hydroxyl groups excluding tert-OH is 1. The number of halogens is 6. The molecule has 2 aromatic carbocycles. The van der Waals surface area contributed by atoms with Crippen LogP contribution in [-0.4, -0.2) is 36.9 Å². The van der Waals surface area contributed by atoms with Gasteiger partial charge in [0.1, 0.15) is 11.5 Å². The number of unbranched alkanes of at least 4 members (excludes halogenated alkanes) is 3. The molecule has 2 aromatic rings. The van der Waals surface area contributed by atoms with Crippen molar-refractivity contribution in [3.8, 4) is 11.5 Å². The zero-order valence-electron chi connectivity index (χ0n) is 18.0. The van der Waals surface area contributed by atoms with Crippen LogP contribution < -0.4 is 14.8 Å². The summed E-state index contributed by atoms with van der Waals surface area (Å²) in [7, 11) is 0. The third-order valence-electron chi connectivity index (χ3n) is 4.78. The second-order valence-corrected chi connectivity index (χ2v) is 7.50. The van der Waals surface area contributed by atoms with E-state index in [1.54, 1.807) is 24.3 Å². The van der Waals surface area contributed by atoms with E-state index < -0.39 is 37.0 Å². The van der Waals surface area contributed by atoms with Gasteiger partial charge < -0.3 is 19.9 Å². The van der Waals surface area contributed by atoms with Crippen molar-refractivity contribution in [3.05, 3.63) is 59.7 Å². The van der Waals surface area contributed by atoms with E-state index in [4.69, 9.17) is 4.74 Å². The minimum atomic E-state index is -4.92. The first kappa shape index (κ1) is 26.8. The van der Waals surface area contributed by atoms with Crippen LogP contribution in [0.15, 0.2) is 48.5 Å². The fourth-order valence-electron chi connectivity index (χ4n) is 3.17. The number of ether oxygens (including phenoxy) is 2. The molecule has 4 nitrogen and oxygen atoms in total. The van der Waals surface area contributed by atoms with Crippen LogP contribution in [0.5, 0.6) is 11.5 Å². The zero-order valence-corrected chi connectivity index (χ0v) is 18.0. The highest BCUT2D eigenvalue weighted by molar-refractivity contribution is 5.39. The van der Waals surface area contributed by atoms with Gasteiger partial charge in [0.2, 0.25) is 0 Å². The van der Waals surface area contributed by atoms with Gasteiger partial charge in [-0.3, -0.25) is 0 Å². The molecular weight excluding hydrogens is 452 g/mol. The third kappa shape index (κ3) is 9.51. The van der Waals surface area contributed by atoms with E-state index in [2.05, 4.69) is 17.0 Å². The van der Waals surface area contributed by atoms with Gasteiger partial charge in [-0.1, -0.05) is 50.5 Å². The Morgan fingerprint density at radius 2 is 1.48 bits per heavy atom. The second kappa shape index (κ2) is 12.1. The lowest BCUT2D eigenvalue weighted by Gasteiger charge is -2.24. The summed E-state index contributed by atoms with van der Waals surface area (Å²) in [6.07, 6.45) is -8.41. The molecular formula is C23H27F6NO3. The third-order valence-corrected chi connectivity index (χ3v) is 4.78. The molecule has 10 heteroatoms. The van der Waals surface area contributed by atoms with Gasteiger partial charge in [0.05, 0.1) is 12.6 Å². The molecule has 0 heterocycles. The van der Waals surface area contributed by atoms with Gasteiger partial charge in [-0.15, -0.1) is 13.2 Å². The first-order chi connectivity index (χ1) is 15.5. The highest BCUT2D eigenvalue weighted by atomic mass is 19.4. The standard InChI is InChI=1S/C23H27F6NO3/c1-2-3-4-5-12-32-18-10-6-8-16(13-18)21(30-15-20(31)22(24,25)26)17-9-7-11-19(14-17)33-23(27,28)29/h6-11,13-14,20-21,30-31H,2-5,12,15H2,1H3/t20-,21?/m1/s1. The zero-order chi connectivity index (χ0) is 24.5. The summed E-state index contributed by atoms with van der Waals surface area (Å²) in [6, 6.07) is 10.5. The van der Waals surface area contributed by atoms with Gasteiger partial charge in [-0.2, -0.15) is 13.2 Å². The molecule has 0 aromatic heterocycles. The molecule has 33 heavy (non-hydrogen) atoms. The van der Waals surface area contributed by atoms with E-state index in [9.17, 15) is 31.4 Å². The minimum Gasteiger partial charge on any atom is -0.494 e. The van der Waals surface area contributed by atoms with Gasteiger partial charge >= 0.3 is 12.5 Å². The summed E-state index contributed by atoms with van der Waals surface area (Å²) in [4.78, 5) is 0. The van der Waals surface area contributed by atoms with Crippen molar-refractivity contribution < 1.29 is 40.9 Å². The van der Waals surface area contributed by atoms with Crippen LogP contribution in [0.1, 0.15) is 49.8 Å². The lowest BCUT2D eigenvalue weighted by molar-refractivity contribution is -0.274. The number of hydrogen-bond donors (Lipinski definition) is 2. The van der Waals surface area contributed by atoms with Crippen LogP contribution >= 0.6 is 0 Å². The van der Waals surface area contributed by atoms with Gasteiger partial charge in [-0.25, -0.2) is 0 Å². The summed E-state index contributed by atoms with van der Waals surface area (Å²) in [5.74, 6) is -0.0265. The molecule has 0 amide bonds. The van der Waals surface area contributed by atoms with Crippen LogP contribution in [0.3, 0.4) is 0 Å². The van der Waals surface area contributed by atoms with Crippen LogP contribution in [0.4, 0.5) is 26.3 Å². The fraction of sp³-hybridized carbons (Fsp3) is 0.478.